The van der Waals surface area contributed by atoms with Gasteiger partial charge in [-0.25, -0.2) is 8.42 Å². The second-order valence-corrected chi connectivity index (χ2v) is 6.39. The van der Waals surface area contributed by atoms with E-state index < -0.39 is 10.0 Å². The third-order valence-electron chi connectivity index (χ3n) is 2.68. The molecule has 0 saturated carbocycles. The van der Waals surface area contributed by atoms with Gasteiger partial charge in [-0.3, -0.25) is 4.72 Å². The fraction of sp³-hybridized carbons (Fsp3) is 0.455. The lowest BCUT2D eigenvalue weighted by Crippen LogP contribution is -2.32. The summed E-state index contributed by atoms with van der Waals surface area (Å²) in [5.41, 5.74) is 0.510. The molecule has 1 aliphatic rings. The normalized spacial score (nSPS) is 20.4. The molecule has 1 heterocycles. The lowest BCUT2D eigenvalue weighted by Gasteiger charge is -2.12. The summed E-state index contributed by atoms with van der Waals surface area (Å²) in [6.45, 7) is 0.900. The molecule has 1 aliphatic heterocycles. The summed E-state index contributed by atoms with van der Waals surface area (Å²) in [5.74, 6) is 0.111. The van der Waals surface area contributed by atoms with Gasteiger partial charge in [0.2, 0.25) is 10.0 Å². The van der Waals surface area contributed by atoms with Crippen LogP contribution in [0.15, 0.2) is 24.3 Å². The maximum Gasteiger partial charge on any atom is 0.234 e. The summed E-state index contributed by atoms with van der Waals surface area (Å²) in [4.78, 5) is 0. The second kappa shape index (κ2) is 5.25. The highest BCUT2D eigenvalue weighted by Gasteiger charge is 2.21. The lowest BCUT2D eigenvalue weighted by molar-refractivity contribution is 0.582. The summed E-state index contributed by atoms with van der Waals surface area (Å²) in [6.07, 6.45) is 1.95. The van der Waals surface area contributed by atoms with E-state index in [1.54, 1.807) is 24.3 Å². The Balaban J connectivity index is 2.01. The molecule has 1 atom stereocenters. The average molecular weight is 275 g/mol. The summed E-state index contributed by atoms with van der Waals surface area (Å²) in [5, 5.41) is 3.68. The molecule has 0 amide bonds. The minimum atomic E-state index is -3.31. The Bertz CT molecular complexity index is 484. The summed E-state index contributed by atoms with van der Waals surface area (Å²) in [6, 6.07) is 6.77. The van der Waals surface area contributed by atoms with Crippen LogP contribution in [0, 0.1) is 0 Å². The van der Waals surface area contributed by atoms with Crippen molar-refractivity contribution in [2.75, 3.05) is 17.0 Å². The van der Waals surface area contributed by atoms with Crippen LogP contribution in [0.1, 0.15) is 12.8 Å². The number of sulfonamides is 1. The Morgan fingerprint density at radius 1 is 1.47 bits per heavy atom. The van der Waals surface area contributed by atoms with Gasteiger partial charge in [0.25, 0.3) is 0 Å². The van der Waals surface area contributed by atoms with E-state index in [0.717, 1.165) is 19.4 Å². The summed E-state index contributed by atoms with van der Waals surface area (Å²) < 4.78 is 26.3. The minimum absolute atomic E-state index is 0.0617. The van der Waals surface area contributed by atoms with E-state index in [0.29, 0.717) is 10.7 Å². The first-order chi connectivity index (χ1) is 8.05. The molecule has 1 fully saturated rings. The first-order valence-electron chi connectivity index (χ1n) is 5.55. The molecule has 0 radical (unpaired) electrons. The van der Waals surface area contributed by atoms with Crippen molar-refractivity contribution in [2.24, 2.45) is 0 Å². The molecule has 94 valence electrons. The van der Waals surface area contributed by atoms with Gasteiger partial charge in [-0.1, -0.05) is 17.7 Å². The Morgan fingerprint density at radius 3 is 2.94 bits per heavy atom. The van der Waals surface area contributed by atoms with Crippen molar-refractivity contribution < 1.29 is 8.42 Å². The summed E-state index contributed by atoms with van der Waals surface area (Å²) in [7, 11) is -3.31. The van der Waals surface area contributed by atoms with Gasteiger partial charge in [-0.15, -0.1) is 0 Å². The largest absolute Gasteiger partial charge is 0.313 e. The molecule has 0 aliphatic carbocycles. The van der Waals surface area contributed by atoms with Crippen LogP contribution < -0.4 is 10.0 Å². The molecule has 0 bridgehead atoms. The van der Waals surface area contributed by atoms with Crippen LogP contribution in [-0.2, 0) is 10.0 Å². The van der Waals surface area contributed by atoms with Crippen molar-refractivity contribution in [3.63, 3.8) is 0 Å². The predicted octanol–water partition coefficient (Wildman–Crippen LogP) is 1.83. The third kappa shape index (κ3) is 3.87. The maximum atomic E-state index is 11.9. The number of halogens is 1. The summed E-state index contributed by atoms with van der Waals surface area (Å²) >= 11 is 5.80. The number of anilines is 1. The van der Waals surface area contributed by atoms with E-state index in [1.807, 2.05) is 0 Å². The number of rotatable bonds is 4. The van der Waals surface area contributed by atoms with E-state index in [1.165, 1.54) is 0 Å². The molecule has 1 saturated heterocycles. The number of nitrogens with one attached hydrogen (secondary N) is 2. The highest BCUT2D eigenvalue weighted by atomic mass is 35.5. The zero-order valence-electron chi connectivity index (χ0n) is 9.32. The number of benzene rings is 1. The standard InChI is InChI=1S/C11H15ClN2O2S/c12-9-3-1-4-10(7-9)14-17(15,16)8-11-5-2-6-13-11/h1,3-4,7,11,13-14H,2,5-6,8H2. The fourth-order valence-electron chi connectivity index (χ4n) is 1.94. The van der Waals surface area contributed by atoms with Crippen molar-refractivity contribution in [1.29, 1.82) is 0 Å². The highest BCUT2D eigenvalue weighted by molar-refractivity contribution is 7.92. The van der Waals surface area contributed by atoms with Gasteiger partial charge >= 0.3 is 0 Å². The van der Waals surface area contributed by atoms with Crippen LogP contribution in [0.5, 0.6) is 0 Å². The van der Waals surface area contributed by atoms with Gasteiger partial charge in [-0.2, -0.15) is 0 Å². The zero-order chi connectivity index (χ0) is 12.3. The molecule has 2 rings (SSSR count). The van der Waals surface area contributed by atoms with Crippen LogP contribution in [0.4, 0.5) is 5.69 Å². The van der Waals surface area contributed by atoms with Crippen molar-refractivity contribution >= 4 is 27.3 Å². The number of hydrogen-bond donors (Lipinski definition) is 2. The van der Waals surface area contributed by atoms with E-state index >= 15 is 0 Å². The Morgan fingerprint density at radius 2 is 2.29 bits per heavy atom. The molecular formula is C11H15ClN2O2S. The Hall–Kier alpha value is -0.780. The van der Waals surface area contributed by atoms with Crippen LogP contribution in [0.2, 0.25) is 5.02 Å². The monoisotopic (exact) mass is 274 g/mol. The van der Waals surface area contributed by atoms with Gasteiger partial charge < -0.3 is 5.32 Å². The van der Waals surface area contributed by atoms with Crippen LogP contribution in [-0.4, -0.2) is 26.8 Å². The minimum Gasteiger partial charge on any atom is -0.313 e. The second-order valence-electron chi connectivity index (χ2n) is 4.19. The molecule has 2 N–H and O–H groups in total. The zero-order valence-corrected chi connectivity index (χ0v) is 10.9. The average Bonchev–Trinajstić information content (AvgIpc) is 2.68. The van der Waals surface area contributed by atoms with Crippen molar-refractivity contribution in [3.8, 4) is 0 Å². The maximum absolute atomic E-state index is 11.9. The smallest absolute Gasteiger partial charge is 0.234 e. The van der Waals surface area contributed by atoms with Gasteiger partial charge in [0.1, 0.15) is 0 Å². The molecule has 17 heavy (non-hydrogen) atoms. The molecule has 1 aromatic carbocycles. The molecule has 1 aromatic rings. The van der Waals surface area contributed by atoms with E-state index in [9.17, 15) is 8.42 Å². The van der Waals surface area contributed by atoms with Crippen molar-refractivity contribution in [2.45, 2.75) is 18.9 Å². The fourth-order valence-corrected chi connectivity index (χ4v) is 3.51. The van der Waals surface area contributed by atoms with Crippen LogP contribution >= 0.6 is 11.6 Å². The van der Waals surface area contributed by atoms with Crippen LogP contribution in [0.25, 0.3) is 0 Å². The van der Waals surface area contributed by atoms with Gasteiger partial charge in [0.05, 0.1) is 5.75 Å². The Labute approximate surface area is 106 Å². The SMILES string of the molecule is O=S(=O)(CC1CCCN1)Nc1cccc(Cl)c1. The van der Waals surface area contributed by atoms with Crippen molar-refractivity contribution in [3.05, 3.63) is 29.3 Å². The lowest BCUT2D eigenvalue weighted by atomic mass is 10.3. The van der Waals surface area contributed by atoms with E-state index in [-0.39, 0.29) is 11.8 Å². The first kappa shape index (κ1) is 12.7. The molecule has 1 unspecified atom stereocenters. The van der Waals surface area contributed by atoms with E-state index in [2.05, 4.69) is 10.0 Å². The molecular weight excluding hydrogens is 260 g/mol. The first-order valence-corrected chi connectivity index (χ1v) is 7.58. The molecule has 0 spiro atoms. The van der Waals surface area contributed by atoms with E-state index in [4.69, 9.17) is 11.6 Å². The third-order valence-corrected chi connectivity index (χ3v) is 4.30. The van der Waals surface area contributed by atoms with Gasteiger partial charge in [0, 0.05) is 16.8 Å². The Kier molecular flexibility index (Phi) is 3.91. The van der Waals surface area contributed by atoms with Gasteiger partial charge in [-0.05, 0) is 37.6 Å². The topological polar surface area (TPSA) is 58.2 Å². The molecule has 0 aromatic heterocycles. The molecule has 4 nitrogen and oxygen atoms in total. The quantitative estimate of drug-likeness (QED) is 0.881. The highest BCUT2D eigenvalue weighted by Crippen LogP contribution is 2.17. The predicted molar refractivity (Wildman–Crippen MR) is 69.9 cm³/mol. The van der Waals surface area contributed by atoms with Gasteiger partial charge in [0.15, 0.2) is 0 Å². The van der Waals surface area contributed by atoms with Crippen LogP contribution in [0.3, 0.4) is 0 Å². The number of hydrogen-bond acceptors (Lipinski definition) is 3. The molecule has 6 heteroatoms. The van der Waals surface area contributed by atoms with Crippen molar-refractivity contribution in [1.82, 2.24) is 5.32 Å².